The van der Waals surface area contributed by atoms with Crippen LogP contribution in [-0.2, 0) is 0 Å². The summed E-state index contributed by atoms with van der Waals surface area (Å²) in [5.41, 5.74) is 1.41. The molecule has 0 radical (unpaired) electrons. The number of carbonyl (C=O) groups is 1. The van der Waals surface area contributed by atoms with Gasteiger partial charge in [-0.1, -0.05) is 0 Å². The standard InChI is InChI=1S/C15H14N6O/c22-14(11-10-16-5-6-17-11)20-8-1-2-12(20)13-3-4-18-15-19-7-9-21(13)15/h3-7,9-10,12H,1-2,8H2. The number of likely N-dealkylation sites (tertiary alicyclic amines) is 1. The van der Waals surface area contributed by atoms with Crippen molar-refractivity contribution in [1.29, 1.82) is 0 Å². The molecule has 7 heteroatoms. The maximum Gasteiger partial charge on any atom is 0.274 e. The zero-order chi connectivity index (χ0) is 14.9. The van der Waals surface area contributed by atoms with Crippen molar-refractivity contribution in [2.75, 3.05) is 6.54 Å². The van der Waals surface area contributed by atoms with Gasteiger partial charge in [-0.25, -0.2) is 15.0 Å². The van der Waals surface area contributed by atoms with Gasteiger partial charge in [0.05, 0.1) is 12.2 Å². The average Bonchev–Trinajstić information content (AvgIpc) is 3.23. The highest BCUT2D eigenvalue weighted by Crippen LogP contribution is 2.32. The number of hydrogen-bond donors (Lipinski definition) is 0. The van der Waals surface area contributed by atoms with Crippen molar-refractivity contribution in [1.82, 2.24) is 29.2 Å². The molecule has 1 fully saturated rings. The molecule has 1 unspecified atom stereocenters. The van der Waals surface area contributed by atoms with Gasteiger partial charge >= 0.3 is 0 Å². The molecule has 0 spiro atoms. The topological polar surface area (TPSA) is 76.3 Å². The molecule has 0 bridgehead atoms. The fourth-order valence-electron chi connectivity index (χ4n) is 3.00. The molecule has 1 aliphatic heterocycles. The van der Waals surface area contributed by atoms with Crippen molar-refractivity contribution in [3.63, 3.8) is 0 Å². The number of nitrogens with zero attached hydrogens (tertiary/aromatic N) is 6. The van der Waals surface area contributed by atoms with Crippen molar-refractivity contribution < 1.29 is 4.79 Å². The Morgan fingerprint density at radius 1 is 1.14 bits per heavy atom. The molecule has 7 nitrogen and oxygen atoms in total. The highest BCUT2D eigenvalue weighted by molar-refractivity contribution is 5.92. The summed E-state index contributed by atoms with van der Waals surface area (Å²) >= 11 is 0. The maximum atomic E-state index is 12.7. The van der Waals surface area contributed by atoms with E-state index >= 15 is 0 Å². The van der Waals surface area contributed by atoms with E-state index in [1.165, 1.54) is 6.20 Å². The van der Waals surface area contributed by atoms with E-state index in [-0.39, 0.29) is 11.9 Å². The van der Waals surface area contributed by atoms with Crippen LogP contribution in [0.25, 0.3) is 5.78 Å². The Kier molecular flexibility index (Phi) is 3.03. The van der Waals surface area contributed by atoms with E-state index in [1.54, 1.807) is 24.8 Å². The Hall–Kier alpha value is -2.83. The number of aromatic nitrogens is 5. The van der Waals surface area contributed by atoms with Gasteiger partial charge in [0.1, 0.15) is 5.69 Å². The second-order valence-electron chi connectivity index (χ2n) is 5.21. The number of amides is 1. The van der Waals surface area contributed by atoms with E-state index in [0.717, 1.165) is 25.1 Å². The molecule has 1 saturated heterocycles. The first-order valence-electron chi connectivity index (χ1n) is 7.19. The molecule has 0 aromatic carbocycles. The maximum absolute atomic E-state index is 12.7. The first kappa shape index (κ1) is 12.9. The van der Waals surface area contributed by atoms with Crippen LogP contribution in [0.3, 0.4) is 0 Å². The quantitative estimate of drug-likeness (QED) is 0.716. The van der Waals surface area contributed by atoms with Crippen LogP contribution in [0, 0.1) is 0 Å². The Morgan fingerprint density at radius 2 is 2.05 bits per heavy atom. The minimum absolute atomic E-state index is 0.00852. The van der Waals surface area contributed by atoms with Crippen molar-refractivity contribution >= 4 is 11.7 Å². The molecule has 1 amide bonds. The summed E-state index contributed by atoms with van der Waals surface area (Å²) < 4.78 is 1.94. The lowest BCUT2D eigenvalue weighted by molar-refractivity contribution is 0.0725. The molecule has 0 aliphatic carbocycles. The summed E-state index contributed by atoms with van der Waals surface area (Å²) in [6.45, 7) is 0.721. The highest BCUT2D eigenvalue weighted by atomic mass is 16.2. The summed E-state index contributed by atoms with van der Waals surface area (Å²) in [5.74, 6) is 0.567. The lowest BCUT2D eigenvalue weighted by Crippen LogP contribution is -2.32. The molecule has 22 heavy (non-hydrogen) atoms. The van der Waals surface area contributed by atoms with E-state index < -0.39 is 0 Å². The third-order valence-electron chi connectivity index (χ3n) is 3.97. The predicted molar refractivity (Wildman–Crippen MR) is 78.0 cm³/mol. The summed E-state index contributed by atoms with van der Waals surface area (Å²) in [6.07, 6.45) is 11.8. The lowest BCUT2D eigenvalue weighted by Gasteiger charge is -2.25. The van der Waals surface area contributed by atoms with Gasteiger partial charge in [0.15, 0.2) is 0 Å². The van der Waals surface area contributed by atoms with Crippen molar-refractivity contribution in [3.05, 3.63) is 54.6 Å². The number of carbonyl (C=O) groups excluding carboxylic acids is 1. The fourth-order valence-corrected chi connectivity index (χ4v) is 3.00. The Bertz CT molecular complexity index is 815. The van der Waals surface area contributed by atoms with E-state index in [9.17, 15) is 4.79 Å². The van der Waals surface area contributed by atoms with Crippen LogP contribution in [0.4, 0.5) is 0 Å². The van der Waals surface area contributed by atoms with Gasteiger partial charge in [0, 0.05) is 43.2 Å². The number of hydrogen-bond acceptors (Lipinski definition) is 5. The Balaban J connectivity index is 1.72. The van der Waals surface area contributed by atoms with Gasteiger partial charge in [0.25, 0.3) is 5.91 Å². The number of imidazole rings is 1. The zero-order valence-corrected chi connectivity index (χ0v) is 11.8. The summed E-state index contributed by atoms with van der Waals surface area (Å²) in [6, 6.07) is 1.95. The van der Waals surface area contributed by atoms with Crippen molar-refractivity contribution in [3.8, 4) is 0 Å². The zero-order valence-electron chi connectivity index (χ0n) is 11.8. The first-order valence-corrected chi connectivity index (χ1v) is 7.19. The molecule has 1 atom stereocenters. The summed E-state index contributed by atoms with van der Waals surface area (Å²) in [5, 5.41) is 0. The largest absolute Gasteiger partial charge is 0.329 e. The monoisotopic (exact) mass is 294 g/mol. The minimum Gasteiger partial charge on any atom is -0.329 e. The molecule has 4 rings (SSSR count). The van der Waals surface area contributed by atoms with Crippen molar-refractivity contribution in [2.45, 2.75) is 18.9 Å². The first-order chi connectivity index (χ1) is 10.8. The van der Waals surface area contributed by atoms with E-state index in [2.05, 4.69) is 19.9 Å². The highest BCUT2D eigenvalue weighted by Gasteiger charge is 2.32. The van der Waals surface area contributed by atoms with E-state index in [4.69, 9.17) is 0 Å². The smallest absolute Gasteiger partial charge is 0.274 e. The normalized spacial score (nSPS) is 18.0. The van der Waals surface area contributed by atoms with Gasteiger partial charge in [-0.05, 0) is 18.9 Å². The molecule has 3 aromatic rings. The van der Waals surface area contributed by atoms with Crippen molar-refractivity contribution in [2.24, 2.45) is 0 Å². The van der Waals surface area contributed by atoms with E-state index in [0.29, 0.717) is 11.5 Å². The van der Waals surface area contributed by atoms with Crippen LogP contribution in [0.2, 0.25) is 0 Å². The van der Waals surface area contributed by atoms with Gasteiger partial charge < -0.3 is 4.90 Å². The summed E-state index contributed by atoms with van der Waals surface area (Å²) in [4.78, 5) is 31.1. The van der Waals surface area contributed by atoms with E-state index in [1.807, 2.05) is 21.6 Å². The van der Waals surface area contributed by atoms with Crippen LogP contribution in [-0.4, -0.2) is 41.7 Å². The molecule has 4 heterocycles. The molecule has 3 aromatic heterocycles. The molecular weight excluding hydrogens is 280 g/mol. The van der Waals surface area contributed by atoms with Gasteiger partial charge in [-0.3, -0.25) is 14.2 Å². The number of rotatable bonds is 2. The third kappa shape index (κ3) is 2.02. The molecule has 0 N–H and O–H groups in total. The third-order valence-corrected chi connectivity index (χ3v) is 3.97. The number of fused-ring (bicyclic) bond motifs is 1. The minimum atomic E-state index is -0.0827. The van der Waals surface area contributed by atoms with Crippen LogP contribution in [0.15, 0.2) is 43.2 Å². The second kappa shape index (κ2) is 5.18. The van der Waals surface area contributed by atoms with Gasteiger partial charge in [-0.2, -0.15) is 0 Å². The fraction of sp³-hybridized carbons (Fsp3) is 0.267. The Morgan fingerprint density at radius 3 is 2.91 bits per heavy atom. The molecule has 0 saturated carbocycles. The molecule has 110 valence electrons. The van der Waals surface area contributed by atoms with Crippen LogP contribution >= 0.6 is 0 Å². The van der Waals surface area contributed by atoms with Gasteiger partial charge in [0.2, 0.25) is 5.78 Å². The van der Waals surface area contributed by atoms with Gasteiger partial charge in [-0.15, -0.1) is 0 Å². The van der Waals surface area contributed by atoms with Crippen LogP contribution in [0.5, 0.6) is 0 Å². The SMILES string of the molecule is O=C(c1cnccn1)N1CCCC1c1ccnc2nccn12. The lowest BCUT2D eigenvalue weighted by atomic mass is 10.1. The predicted octanol–water partition coefficient (Wildman–Crippen LogP) is 1.50. The second-order valence-corrected chi connectivity index (χ2v) is 5.21. The van der Waals surface area contributed by atoms with Crippen LogP contribution < -0.4 is 0 Å². The van der Waals surface area contributed by atoms with Crippen LogP contribution in [0.1, 0.15) is 35.1 Å². The Labute approximate surface area is 126 Å². The molecular formula is C15H14N6O. The molecule has 1 aliphatic rings. The summed E-state index contributed by atoms with van der Waals surface area (Å²) in [7, 11) is 0. The average molecular weight is 294 g/mol.